The van der Waals surface area contributed by atoms with Crippen LogP contribution in [0.15, 0.2) is 170 Å². The lowest BCUT2D eigenvalue weighted by Gasteiger charge is -2.36. The van der Waals surface area contributed by atoms with E-state index in [1.54, 1.807) is 0 Å². The van der Waals surface area contributed by atoms with Crippen molar-refractivity contribution >= 4 is 32.3 Å². The molecule has 0 aliphatic heterocycles. The smallest absolute Gasteiger partial charge is 0.0159 e. The number of hydrogen-bond acceptors (Lipinski definition) is 0. The van der Waals surface area contributed by atoms with E-state index >= 15 is 0 Å². The Hall–Kier alpha value is -6.24. The minimum absolute atomic E-state index is 0.150. The Morgan fingerprint density at radius 2 is 0.852 bits per heavy atom. The number of fused-ring (bicyclic) bond motifs is 8. The van der Waals surface area contributed by atoms with Gasteiger partial charge in [0.05, 0.1) is 0 Å². The zero-order valence-corrected chi connectivity index (χ0v) is 31.2. The van der Waals surface area contributed by atoms with E-state index in [0.29, 0.717) is 0 Å². The van der Waals surface area contributed by atoms with E-state index in [0.717, 1.165) is 0 Å². The molecule has 0 aromatic heterocycles. The summed E-state index contributed by atoms with van der Waals surface area (Å²) in [5.41, 5.74) is 18.4. The molecule has 0 bridgehead atoms. The molecule has 0 saturated heterocycles. The second-order valence-corrected chi connectivity index (χ2v) is 16.5. The summed E-state index contributed by atoms with van der Waals surface area (Å²) in [5.74, 6) is 0. The second-order valence-electron chi connectivity index (χ2n) is 16.5. The molecule has 0 fully saturated rings. The van der Waals surface area contributed by atoms with Gasteiger partial charge in [0.15, 0.2) is 0 Å². The SMILES string of the molecule is CC1(C)c2cc(-c3ccc(-c4cccc5ccccc45)cc3)ccc2-c2c1cc1c3c(cccc23)C(C)(C)c2cc(-c3ccc4ccccc4c3)ccc2-1. The van der Waals surface area contributed by atoms with Gasteiger partial charge >= 0.3 is 0 Å². The van der Waals surface area contributed by atoms with E-state index in [4.69, 9.17) is 0 Å². The molecule has 0 heteroatoms. The second kappa shape index (κ2) is 11.1. The molecule has 9 aromatic carbocycles. The van der Waals surface area contributed by atoms with Gasteiger partial charge in [-0.15, -0.1) is 0 Å². The van der Waals surface area contributed by atoms with Crippen molar-refractivity contribution in [3.63, 3.8) is 0 Å². The predicted molar refractivity (Wildman–Crippen MR) is 230 cm³/mol. The van der Waals surface area contributed by atoms with Crippen molar-refractivity contribution in [2.45, 2.75) is 38.5 Å². The normalized spacial score (nSPS) is 14.6. The topological polar surface area (TPSA) is 0 Å². The third-order valence-corrected chi connectivity index (χ3v) is 12.9. The Morgan fingerprint density at radius 3 is 1.67 bits per heavy atom. The van der Waals surface area contributed by atoms with Crippen molar-refractivity contribution in [3.8, 4) is 55.6 Å². The lowest BCUT2D eigenvalue weighted by Crippen LogP contribution is -2.24. The molecule has 0 radical (unpaired) electrons. The lowest BCUT2D eigenvalue weighted by molar-refractivity contribution is 0.644. The van der Waals surface area contributed by atoms with E-state index in [2.05, 4.69) is 198 Å². The zero-order valence-electron chi connectivity index (χ0n) is 31.2. The highest BCUT2D eigenvalue weighted by Gasteiger charge is 2.41. The molecule has 2 aliphatic rings. The highest BCUT2D eigenvalue weighted by Crippen LogP contribution is 2.58. The molecule has 0 nitrogen and oxygen atoms in total. The molecular formula is C54H40. The molecule has 0 amide bonds. The molecule has 0 saturated carbocycles. The Kier molecular flexibility index (Phi) is 6.46. The molecule has 2 aliphatic carbocycles. The Labute approximate surface area is 317 Å². The van der Waals surface area contributed by atoms with Gasteiger partial charge in [-0.2, -0.15) is 0 Å². The number of benzene rings is 9. The van der Waals surface area contributed by atoms with E-state index < -0.39 is 0 Å². The van der Waals surface area contributed by atoms with E-state index in [1.807, 2.05) is 0 Å². The highest BCUT2D eigenvalue weighted by atomic mass is 14.4. The molecule has 11 rings (SSSR count). The first-order chi connectivity index (χ1) is 26.3. The van der Waals surface area contributed by atoms with Gasteiger partial charge in [-0.25, -0.2) is 0 Å². The van der Waals surface area contributed by atoms with Crippen LogP contribution in [0.25, 0.3) is 88.0 Å². The molecular weight excluding hydrogens is 649 g/mol. The van der Waals surface area contributed by atoms with Crippen molar-refractivity contribution in [2.24, 2.45) is 0 Å². The molecule has 0 heterocycles. The van der Waals surface area contributed by atoms with Crippen LogP contribution < -0.4 is 0 Å². The summed E-state index contributed by atoms with van der Waals surface area (Å²) in [6, 6.07) is 63.9. The lowest BCUT2D eigenvalue weighted by atomic mass is 9.67. The van der Waals surface area contributed by atoms with Gasteiger partial charge in [0.2, 0.25) is 0 Å². The molecule has 256 valence electrons. The van der Waals surface area contributed by atoms with Gasteiger partial charge in [-0.1, -0.05) is 173 Å². The van der Waals surface area contributed by atoms with Gasteiger partial charge in [-0.3, -0.25) is 0 Å². The van der Waals surface area contributed by atoms with Crippen LogP contribution in [0.5, 0.6) is 0 Å². The third kappa shape index (κ3) is 4.37. The fourth-order valence-corrected chi connectivity index (χ4v) is 9.91. The fourth-order valence-electron chi connectivity index (χ4n) is 9.91. The van der Waals surface area contributed by atoms with Crippen LogP contribution in [0, 0.1) is 0 Å². The maximum absolute atomic E-state index is 2.55. The Morgan fingerprint density at radius 1 is 0.296 bits per heavy atom. The summed E-state index contributed by atoms with van der Waals surface area (Å²) in [7, 11) is 0. The first-order valence-corrected chi connectivity index (χ1v) is 19.3. The predicted octanol–water partition coefficient (Wildman–Crippen LogP) is 14.8. The fraction of sp³-hybridized carbons (Fsp3) is 0.111. The van der Waals surface area contributed by atoms with Crippen LogP contribution in [0.4, 0.5) is 0 Å². The van der Waals surface area contributed by atoms with E-state index in [1.165, 1.54) is 110 Å². The summed E-state index contributed by atoms with van der Waals surface area (Å²) in [6.07, 6.45) is 0. The van der Waals surface area contributed by atoms with Crippen molar-refractivity contribution in [2.75, 3.05) is 0 Å². The van der Waals surface area contributed by atoms with Crippen LogP contribution in [0.2, 0.25) is 0 Å². The quantitative estimate of drug-likeness (QED) is 0.173. The monoisotopic (exact) mass is 688 g/mol. The highest BCUT2D eigenvalue weighted by molar-refractivity contribution is 6.13. The van der Waals surface area contributed by atoms with Crippen molar-refractivity contribution in [1.82, 2.24) is 0 Å². The summed E-state index contributed by atoms with van der Waals surface area (Å²) < 4.78 is 0. The van der Waals surface area contributed by atoms with Crippen LogP contribution >= 0.6 is 0 Å². The maximum Gasteiger partial charge on any atom is 0.0159 e. The molecule has 0 atom stereocenters. The standard InChI is InChI=1S/C54H40/c1-53(2)47-18-10-17-45-51-44-28-26-39(34-19-22-36(23-20-34)42-16-9-14-35-12-7-8-15-41(35)42)30-49(44)54(3,4)50(51)32-46(52(45)47)43-27-25-40(31-48(43)53)38-24-21-33-11-5-6-13-37(33)29-38/h5-32H,1-4H3. The van der Waals surface area contributed by atoms with Crippen LogP contribution in [-0.4, -0.2) is 0 Å². The van der Waals surface area contributed by atoms with E-state index in [-0.39, 0.29) is 10.8 Å². The minimum Gasteiger partial charge on any atom is -0.0616 e. The zero-order chi connectivity index (χ0) is 36.3. The van der Waals surface area contributed by atoms with Crippen LogP contribution in [0.1, 0.15) is 49.9 Å². The summed E-state index contributed by atoms with van der Waals surface area (Å²) in [6.45, 7) is 9.67. The van der Waals surface area contributed by atoms with Gasteiger partial charge in [-0.05, 0) is 134 Å². The maximum atomic E-state index is 2.55. The average Bonchev–Trinajstić information content (AvgIpc) is 3.44. The van der Waals surface area contributed by atoms with Gasteiger partial charge in [0, 0.05) is 10.8 Å². The average molecular weight is 689 g/mol. The molecule has 0 spiro atoms. The first-order valence-electron chi connectivity index (χ1n) is 19.3. The van der Waals surface area contributed by atoms with E-state index in [9.17, 15) is 0 Å². The molecule has 54 heavy (non-hydrogen) atoms. The number of hydrogen-bond donors (Lipinski definition) is 0. The first kappa shape index (κ1) is 31.3. The summed E-state index contributed by atoms with van der Waals surface area (Å²) in [4.78, 5) is 0. The molecule has 0 unspecified atom stereocenters. The minimum atomic E-state index is -0.151. The van der Waals surface area contributed by atoms with Crippen molar-refractivity contribution < 1.29 is 0 Å². The van der Waals surface area contributed by atoms with Gasteiger partial charge < -0.3 is 0 Å². The largest absolute Gasteiger partial charge is 0.0616 e. The van der Waals surface area contributed by atoms with Crippen LogP contribution in [-0.2, 0) is 10.8 Å². The van der Waals surface area contributed by atoms with Crippen LogP contribution in [0.3, 0.4) is 0 Å². The number of rotatable bonds is 3. The molecule has 9 aromatic rings. The Bertz CT molecular complexity index is 3020. The molecule has 0 N–H and O–H groups in total. The van der Waals surface area contributed by atoms with Crippen molar-refractivity contribution in [3.05, 3.63) is 192 Å². The van der Waals surface area contributed by atoms with Gasteiger partial charge in [0.1, 0.15) is 0 Å². The van der Waals surface area contributed by atoms with Gasteiger partial charge in [0.25, 0.3) is 0 Å². The summed E-state index contributed by atoms with van der Waals surface area (Å²) in [5, 5.41) is 7.90. The third-order valence-electron chi connectivity index (χ3n) is 12.9. The Balaban J connectivity index is 1.03. The van der Waals surface area contributed by atoms with Crippen molar-refractivity contribution in [1.29, 1.82) is 0 Å². The summed E-state index contributed by atoms with van der Waals surface area (Å²) >= 11 is 0.